The molecule has 0 fully saturated rings. The molecule has 32 heavy (non-hydrogen) atoms. The molecule has 0 spiro atoms. The Morgan fingerprint density at radius 1 is 1.12 bits per heavy atom. The Morgan fingerprint density at radius 2 is 1.88 bits per heavy atom. The van der Waals surface area contributed by atoms with Crippen LogP contribution in [-0.2, 0) is 17.6 Å². The number of pyridine rings is 1. The van der Waals surface area contributed by atoms with E-state index in [0.717, 1.165) is 54.6 Å². The smallest absolute Gasteiger partial charge is 0.274 e. The van der Waals surface area contributed by atoms with Crippen molar-refractivity contribution in [1.82, 2.24) is 19.7 Å². The molecule has 0 aliphatic heterocycles. The molecular weight excluding hydrogens is 426 g/mol. The molecule has 1 aliphatic carbocycles. The van der Waals surface area contributed by atoms with Crippen LogP contribution in [0.4, 0.5) is 5.82 Å². The van der Waals surface area contributed by atoms with Gasteiger partial charge in [-0.3, -0.25) is 9.59 Å². The maximum absolute atomic E-state index is 13.3. The van der Waals surface area contributed by atoms with E-state index in [1.54, 1.807) is 19.3 Å². The van der Waals surface area contributed by atoms with Crippen LogP contribution in [0, 0.1) is 6.92 Å². The Labute approximate surface area is 192 Å². The van der Waals surface area contributed by atoms with Crippen LogP contribution in [-0.4, -0.2) is 45.1 Å². The SMILES string of the molecule is Cc1ccnc(NC(=O)CN(C)C(=O)c2nn(-c3ccc(Cl)cc3)c3c2CCCCC3)c1. The minimum atomic E-state index is -0.304. The molecule has 8 heteroatoms. The fraction of sp³-hybridized carbons (Fsp3) is 0.333. The molecule has 4 rings (SSSR count). The molecular formula is C24H26ClN5O2. The number of likely N-dealkylation sites (N-methyl/N-ethyl adjacent to an activating group) is 1. The molecule has 7 nitrogen and oxygen atoms in total. The number of carbonyl (C=O) groups is 2. The number of hydrogen-bond donors (Lipinski definition) is 1. The van der Waals surface area contributed by atoms with Crippen molar-refractivity contribution in [2.24, 2.45) is 0 Å². The number of nitrogens with one attached hydrogen (secondary N) is 1. The summed E-state index contributed by atoms with van der Waals surface area (Å²) in [6.45, 7) is 1.84. The van der Waals surface area contributed by atoms with Gasteiger partial charge in [-0.2, -0.15) is 5.10 Å². The summed E-state index contributed by atoms with van der Waals surface area (Å²) < 4.78 is 1.86. The van der Waals surface area contributed by atoms with E-state index in [4.69, 9.17) is 16.7 Å². The average Bonchev–Trinajstić information content (AvgIpc) is 2.94. The second-order valence-electron chi connectivity index (χ2n) is 8.15. The number of anilines is 1. The zero-order chi connectivity index (χ0) is 22.7. The number of carbonyl (C=O) groups excluding carboxylic acids is 2. The van der Waals surface area contributed by atoms with Gasteiger partial charge in [-0.05, 0) is 74.6 Å². The molecule has 2 heterocycles. The largest absolute Gasteiger partial charge is 0.331 e. The first-order valence-electron chi connectivity index (χ1n) is 10.8. The molecule has 1 aromatic carbocycles. The fourth-order valence-electron chi connectivity index (χ4n) is 4.00. The molecule has 1 N–H and O–H groups in total. The molecule has 3 aromatic rings. The van der Waals surface area contributed by atoms with E-state index in [0.29, 0.717) is 16.5 Å². The molecule has 1 aliphatic rings. The van der Waals surface area contributed by atoms with Crippen LogP contribution in [0.3, 0.4) is 0 Å². The fourth-order valence-corrected chi connectivity index (χ4v) is 4.12. The molecule has 2 amide bonds. The van der Waals surface area contributed by atoms with Gasteiger partial charge in [0, 0.05) is 29.5 Å². The van der Waals surface area contributed by atoms with Crippen molar-refractivity contribution in [2.75, 3.05) is 18.9 Å². The summed E-state index contributed by atoms with van der Waals surface area (Å²) in [4.78, 5) is 31.3. The summed E-state index contributed by atoms with van der Waals surface area (Å²) in [6.07, 6.45) is 6.49. The highest BCUT2D eigenvalue weighted by molar-refractivity contribution is 6.30. The van der Waals surface area contributed by atoms with E-state index in [1.165, 1.54) is 4.90 Å². The molecule has 0 radical (unpaired) electrons. The average molecular weight is 452 g/mol. The molecule has 2 aromatic heterocycles. The van der Waals surface area contributed by atoms with Crippen molar-refractivity contribution >= 4 is 29.2 Å². The number of aryl methyl sites for hydroxylation is 1. The monoisotopic (exact) mass is 451 g/mol. The van der Waals surface area contributed by atoms with Crippen LogP contribution in [0.2, 0.25) is 5.02 Å². The summed E-state index contributed by atoms with van der Waals surface area (Å²) in [5.74, 6) is -0.0953. The summed E-state index contributed by atoms with van der Waals surface area (Å²) in [5, 5.41) is 8.09. The lowest BCUT2D eigenvalue weighted by Crippen LogP contribution is -2.35. The molecule has 0 atom stereocenters. The van der Waals surface area contributed by atoms with Crippen LogP contribution < -0.4 is 5.32 Å². The molecule has 0 saturated carbocycles. The second kappa shape index (κ2) is 9.53. The lowest BCUT2D eigenvalue weighted by atomic mass is 10.1. The maximum Gasteiger partial charge on any atom is 0.274 e. The van der Waals surface area contributed by atoms with Crippen molar-refractivity contribution in [1.29, 1.82) is 0 Å². The topological polar surface area (TPSA) is 80.1 Å². The Kier molecular flexibility index (Phi) is 6.55. The number of amides is 2. The molecule has 0 bridgehead atoms. The predicted molar refractivity (Wildman–Crippen MR) is 124 cm³/mol. The number of halogens is 1. The second-order valence-corrected chi connectivity index (χ2v) is 8.59. The first kappa shape index (κ1) is 22.0. The number of aromatic nitrogens is 3. The Hall–Kier alpha value is -3.19. The zero-order valence-corrected chi connectivity index (χ0v) is 19.0. The van der Waals surface area contributed by atoms with Gasteiger partial charge in [0.05, 0.1) is 12.2 Å². The molecule has 0 saturated heterocycles. The highest BCUT2D eigenvalue weighted by Crippen LogP contribution is 2.27. The normalized spacial score (nSPS) is 13.2. The van der Waals surface area contributed by atoms with Gasteiger partial charge < -0.3 is 10.2 Å². The van der Waals surface area contributed by atoms with E-state index in [9.17, 15) is 9.59 Å². The van der Waals surface area contributed by atoms with Gasteiger partial charge in [-0.15, -0.1) is 0 Å². The van der Waals surface area contributed by atoms with Crippen LogP contribution >= 0.6 is 11.6 Å². The summed E-state index contributed by atoms with van der Waals surface area (Å²) >= 11 is 6.05. The summed E-state index contributed by atoms with van der Waals surface area (Å²) in [7, 11) is 1.62. The van der Waals surface area contributed by atoms with Crippen molar-refractivity contribution in [3.63, 3.8) is 0 Å². The van der Waals surface area contributed by atoms with E-state index in [-0.39, 0.29) is 18.4 Å². The Morgan fingerprint density at radius 3 is 2.62 bits per heavy atom. The zero-order valence-electron chi connectivity index (χ0n) is 18.3. The van der Waals surface area contributed by atoms with Crippen LogP contribution in [0.1, 0.15) is 46.6 Å². The highest BCUT2D eigenvalue weighted by atomic mass is 35.5. The van der Waals surface area contributed by atoms with E-state index < -0.39 is 0 Å². The van der Waals surface area contributed by atoms with Gasteiger partial charge in [-0.1, -0.05) is 18.0 Å². The predicted octanol–water partition coefficient (Wildman–Crippen LogP) is 4.21. The first-order chi connectivity index (χ1) is 15.4. The van der Waals surface area contributed by atoms with Crippen molar-refractivity contribution in [3.8, 4) is 5.69 Å². The van der Waals surface area contributed by atoms with Crippen molar-refractivity contribution in [2.45, 2.75) is 39.0 Å². The number of nitrogens with zero attached hydrogens (tertiary/aromatic N) is 4. The highest BCUT2D eigenvalue weighted by Gasteiger charge is 2.27. The van der Waals surface area contributed by atoms with E-state index in [2.05, 4.69) is 10.3 Å². The van der Waals surface area contributed by atoms with E-state index >= 15 is 0 Å². The first-order valence-corrected chi connectivity index (χ1v) is 11.1. The minimum absolute atomic E-state index is 0.0863. The Balaban J connectivity index is 1.57. The third-order valence-electron chi connectivity index (χ3n) is 5.61. The summed E-state index contributed by atoms with van der Waals surface area (Å²) in [6, 6.07) is 11.1. The molecule has 166 valence electrons. The number of benzene rings is 1. The molecule has 0 unspecified atom stereocenters. The van der Waals surface area contributed by atoms with Gasteiger partial charge in [-0.25, -0.2) is 9.67 Å². The maximum atomic E-state index is 13.3. The van der Waals surface area contributed by atoms with Crippen LogP contribution in [0.15, 0.2) is 42.6 Å². The van der Waals surface area contributed by atoms with Gasteiger partial charge in [0.15, 0.2) is 5.69 Å². The van der Waals surface area contributed by atoms with Crippen molar-refractivity contribution < 1.29 is 9.59 Å². The van der Waals surface area contributed by atoms with Crippen molar-refractivity contribution in [3.05, 3.63) is 70.1 Å². The lowest BCUT2D eigenvalue weighted by Gasteiger charge is -2.16. The number of fused-ring (bicyclic) bond motifs is 1. The quantitative estimate of drug-likeness (QED) is 0.589. The standard InChI is InChI=1S/C24H26ClN5O2/c1-16-12-13-26-21(14-16)27-22(31)15-29(2)24(32)23-19-6-4-3-5-7-20(19)30(28-23)18-10-8-17(25)9-11-18/h8-14H,3-7,15H2,1-2H3,(H,26,27,31). The van der Waals surface area contributed by atoms with Gasteiger partial charge >= 0.3 is 0 Å². The third kappa shape index (κ3) is 4.83. The van der Waals surface area contributed by atoms with Crippen LogP contribution in [0.5, 0.6) is 0 Å². The Bertz CT molecular complexity index is 1140. The number of rotatable bonds is 5. The van der Waals surface area contributed by atoms with Gasteiger partial charge in [0.25, 0.3) is 5.91 Å². The summed E-state index contributed by atoms with van der Waals surface area (Å²) in [5.41, 5.74) is 4.33. The third-order valence-corrected chi connectivity index (χ3v) is 5.87. The van der Waals surface area contributed by atoms with Crippen LogP contribution in [0.25, 0.3) is 5.69 Å². The lowest BCUT2D eigenvalue weighted by molar-refractivity contribution is -0.116. The van der Waals surface area contributed by atoms with Gasteiger partial charge in [0.1, 0.15) is 5.82 Å². The van der Waals surface area contributed by atoms with Gasteiger partial charge in [0.2, 0.25) is 5.91 Å². The number of hydrogen-bond acceptors (Lipinski definition) is 4. The minimum Gasteiger partial charge on any atom is -0.331 e. The van der Waals surface area contributed by atoms with E-state index in [1.807, 2.05) is 41.9 Å².